The number of allylic oxidation sites excluding steroid dienone is 3. The van der Waals surface area contributed by atoms with E-state index in [1.807, 2.05) is 0 Å². The van der Waals surface area contributed by atoms with Crippen LogP contribution in [-0.2, 0) is 6.42 Å². The van der Waals surface area contributed by atoms with E-state index in [2.05, 4.69) is 39.5 Å². The summed E-state index contributed by atoms with van der Waals surface area (Å²) in [6, 6.07) is 2.11. The molecular weight excluding hydrogens is 256 g/mol. The quantitative estimate of drug-likeness (QED) is 0.526. The zero-order valence-corrected chi connectivity index (χ0v) is 13.1. The molecule has 106 valence electrons. The Bertz CT molecular complexity index is 440. The number of hydrogen-bond donors (Lipinski definition) is 0. The molecule has 1 aromatic rings. The first-order chi connectivity index (χ1) is 9.13. The monoisotopic (exact) mass is 280 g/mol. The van der Waals surface area contributed by atoms with E-state index in [1.165, 1.54) is 12.0 Å². The third-order valence-corrected chi connectivity index (χ3v) is 3.52. The van der Waals surface area contributed by atoms with Crippen molar-refractivity contribution in [2.75, 3.05) is 5.88 Å². The largest absolute Gasteiger partial charge is 0.461 e. The van der Waals surface area contributed by atoms with Crippen LogP contribution >= 0.6 is 11.6 Å². The van der Waals surface area contributed by atoms with Crippen LogP contribution in [0.5, 0.6) is 0 Å². The highest BCUT2D eigenvalue weighted by Crippen LogP contribution is 2.30. The van der Waals surface area contributed by atoms with Gasteiger partial charge in [0.2, 0.25) is 0 Å². The van der Waals surface area contributed by atoms with E-state index < -0.39 is 0 Å². The van der Waals surface area contributed by atoms with Gasteiger partial charge in [0.1, 0.15) is 11.5 Å². The van der Waals surface area contributed by atoms with Crippen LogP contribution in [0.3, 0.4) is 0 Å². The summed E-state index contributed by atoms with van der Waals surface area (Å²) in [4.78, 5) is 0. The first-order valence-corrected chi connectivity index (χ1v) is 7.71. The Balaban J connectivity index is 3.05. The zero-order valence-electron chi connectivity index (χ0n) is 12.4. The molecule has 19 heavy (non-hydrogen) atoms. The van der Waals surface area contributed by atoms with Gasteiger partial charge in [-0.2, -0.15) is 0 Å². The second kappa shape index (κ2) is 8.27. The molecule has 0 amide bonds. The molecule has 0 fully saturated rings. The Kier molecular flexibility index (Phi) is 7.01. The van der Waals surface area contributed by atoms with Gasteiger partial charge in [0.15, 0.2) is 0 Å². The lowest BCUT2D eigenvalue weighted by molar-refractivity contribution is 0.489. The SMILES string of the molecule is C=C(CCl)c1cc(CCCC)oc1/C(C)=C\CCC. The summed E-state index contributed by atoms with van der Waals surface area (Å²) in [6.45, 7) is 10.5. The summed E-state index contributed by atoms with van der Waals surface area (Å²) in [5.41, 5.74) is 3.20. The highest BCUT2D eigenvalue weighted by Gasteiger charge is 2.14. The number of rotatable bonds is 8. The summed E-state index contributed by atoms with van der Waals surface area (Å²) in [6.07, 6.45) is 7.76. The summed E-state index contributed by atoms with van der Waals surface area (Å²) in [7, 11) is 0. The molecule has 1 heterocycles. The van der Waals surface area contributed by atoms with Gasteiger partial charge >= 0.3 is 0 Å². The maximum absolute atomic E-state index is 6.01. The molecule has 0 saturated heterocycles. The number of furan rings is 1. The van der Waals surface area contributed by atoms with Crippen LogP contribution in [0, 0.1) is 0 Å². The molecule has 0 N–H and O–H groups in total. The van der Waals surface area contributed by atoms with Gasteiger partial charge in [-0.3, -0.25) is 0 Å². The highest BCUT2D eigenvalue weighted by atomic mass is 35.5. The fourth-order valence-electron chi connectivity index (χ4n) is 2.00. The first kappa shape index (κ1) is 16.1. The topological polar surface area (TPSA) is 13.1 Å². The average molecular weight is 281 g/mol. The highest BCUT2D eigenvalue weighted by molar-refractivity contribution is 6.23. The van der Waals surface area contributed by atoms with Crippen molar-refractivity contribution in [3.63, 3.8) is 0 Å². The molecule has 0 atom stereocenters. The van der Waals surface area contributed by atoms with Crippen molar-refractivity contribution < 1.29 is 4.42 Å². The maximum Gasteiger partial charge on any atom is 0.137 e. The molecule has 0 aliphatic heterocycles. The molecule has 0 aliphatic rings. The van der Waals surface area contributed by atoms with Gasteiger partial charge in [-0.25, -0.2) is 0 Å². The van der Waals surface area contributed by atoms with Crippen molar-refractivity contribution in [1.29, 1.82) is 0 Å². The van der Waals surface area contributed by atoms with Crippen molar-refractivity contribution >= 4 is 22.7 Å². The van der Waals surface area contributed by atoms with E-state index in [9.17, 15) is 0 Å². The van der Waals surface area contributed by atoms with Gasteiger partial charge in [0.05, 0.1) is 0 Å². The van der Waals surface area contributed by atoms with Gasteiger partial charge < -0.3 is 4.42 Å². The smallest absolute Gasteiger partial charge is 0.137 e. The Morgan fingerprint density at radius 1 is 1.37 bits per heavy atom. The average Bonchev–Trinajstić information content (AvgIpc) is 2.85. The molecule has 1 nitrogen and oxygen atoms in total. The van der Waals surface area contributed by atoms with Gasteiger partial charge in [-0.05, 0) is 37.0 Å². The minimum atomic E-state index is 0.445. The van der Waals surface area contributed by atoms with Crippen LogP contribution in [0.4, 0.5) is 0 Å². The van der Waals surface area contributed by atoms with Crippen molar-refractivity contribution in [3.8, 4) is 0 Å². The first-order valence-electron chi connectivity index (χ1n) is 7.17. The number of hydrogen-bond acceptors (Lipinski definition) is 1. The number of alkyl halides is 1. The van der Waals surface area contributed by atoms with E-state index >= 15 is 0 Å². The van der Waals surface area contributed by atoms with Gasteiger partial charge in [-0.15, -0.1) is 11.6 Å². The van der Waals surface area contributed by atoms with Crippen LogP contribution in [0.2, 0.25) is 0 Å². The molecule has 0 saturated carbocycles. The molecule has 0 radical (unpaired) electrons. The van der Waals surface area contributed by atoms with Crippen LogP contribution in [-0.4, -0.2) is 5.88 Å². The van der Waals surface area contributed by atoms with Gasteiger partial charge in [0.25, 0.3) is 0 Å². The molecule has 1 rings (SSSR count). The Labute approximate surface area is 122 Å². The molecule has 1 aromatic heterocycles. The second-order valence-corrected chi connectivity index (χ2v) is 5.24. The van der Waals surface area contributed by atoms with Crippen LogP contribution in [0.15, 0.2) is 23.1 Å². The predicted octanol–water partition coefficient (Wildman–Crippen LogP) is 6.08. The Morgan fingerprint density at radius 2 is 2.11 bits per heavy atom. The van der Waals surface area contributed by atoms with E-state index in [0.717, 1.165) is 48.3 Å². The fourth-order valence-corrected chi connectivity index (χ4v) is 2.14. The minimum absolute atomic E-state index is 0.445. The zero-order chi connectivity index (χ0) is 14.3. The van der Waals surface area contributed by atoms with E-state index in [-0.39, 0.29) is 0 Å². The molecular formula is C17H25ClO. The van der Waals surface area contributed by atoms with Crippen LogP contribution in [0.1, 0.15) is 63.5 Å². The van der Waals surface area contributed by atoms with Crippen molar-refractivity contribution in [1.82, 2.24) is 0 Å². The van der Waals surface area contributed by atoms with E-state index in [1.54, 1.807) is 0 Å². The molecule has 0 unspecified atom stereocenters. The lowest BCUT2D eigenvalue weighted by Crippen LogP contribution is -1.87. The standard InChI is InChI=1S/C17H25ClO/c1-5-7-9-13(3)17-16(14(4)12-18)11-15(19-17)10-8-6-2/h9,11H,4-8,10,12H2,1-3H3/b13-9-. The van der Waals surface area contributed by atoms with Crippen molar-refractivity contribution in [2.24, 2.45) is 0 Å². The minimum Gasteiger partial charge on any atom is -0.461 e. The third-order valence-electron chi connectivity index (χ3n) is 3.20. The van der Waals surface area contributed by atoms with E-state index in [4.69, 9.17) is 16.0 Å². The number of unbranched alkanes of at least 4 members (excludes halogenated alkanes) is 2. The molecule has 0 aromatic carbocycles. The summed E-state index contributed by atoms with van der Waals surface area (Å²) in [5.74, 6) is 2.44. The van der Waals surface area contributed by atoms with E-state index in [0.29, 0.717) is 5.88 Å². The van der Waals surface area contributed by atoms with Crippen LogP contribution < -0.4 is 0 Å². The maximum atomic E-state index is 6.01. The summed E-state index contributed by atoms with van der Waals surface area (Å²) < 4.78 is 6.01. The van der Waals surface area contributed by atoms with Crippen molar-refractivity contribution in [3.05, 3.63) is 35.8 Å². The molecule has 2 heteroatoms. The van der Waals surface area contributed by atoms with Crippen LogP contribution in [0.25, 0.3) is 11.1 Å². The van der Waals surface area contributed by atoms with Crippen molar-refractivity contribution in [2.45, 2.75) is 52.9 Å². The predicted molar refractivity (Wildman–Crippen MR) is 85.6 cm³/mol. The number of aryl methyl sites for hydroxylation is 1. The normalized spacial score (nSPS) is 11.9. The lowest BCUT2D eigenvalue weighted by Gasteiger charge is -2.03. The van der Waals surface area contributed by atoms with Gasteiger partial charge in [0, 0.05) is 17.9 Å². The molecule has 0 spiro atoms. The Morgan fingerprint density at radius 3 is 2.68 bits per heavy atom. The summed E-state index contributed by atoms with van der Waals surface area (Å²) >= 11 is 5.92. The second-order valence-electron chi connectivity index (χ2n) is 4.97. The third kappa shape index (κ3) is 4.58. The lowest BCUT2D eigenvalue weighted by atomic mass is 10.0. The molecule has 0 aliphatic carbocycles. The van der Waals surface area contributed by atoms with Gasteiger partial charge in [-0.1, -0.05) is 39.3 Å². The fraction of sp³-hybridized carbons (Fsp3) is 0.529. The number of halogens is 1. The Hall–Kier alpha value is -0.950. The summed E-state index contributed by atoms with van der Waals surface area (Å²) in [5, 5.41) is 0. The molecule has 0 bridgehead atoms.